The van der Waals surface area contributed by atoms with Crippen molar-refractivity contribution in [3.63, 3.8) is 0 Å². The van der Waals surface area contributed by atoms with Gasteiger partial charge in [0.2, 0.25) is 10.0 Å². The Morgan fingerprint density at radius 3 is 2.13 bits per heavy atom. The Balaban J connectivity index is 0.000000505. The summed E-state index contributed by atoms with van der Waals surface area (Å²) in [4.78, 5) is 16.9. The van der Waals surface area contributed by atoms with Gasteiger partial charge < -0.3 is 10.1 Å². The van der Waals surface area contributed by atoms with Gasteiger partial charge in [0.25, 0.3) is 0 Å². The summed E-state index contributed by atoms with van der Waals surface area (Å²) < 4.78 is 83.0. The lowest BCUT2D eigenvalue weighted by molar-refractivity contribution is -0.192. The summed E-state index contributed by atoms with van der Waals surface area (Å²) in [5, 5.41) is 8.12. The summed E-state index contributed by atoms with van der Waals surface area (Å²) >= 11 is 0. The Bertz CT molecular complexity index is 1510. The van der Waals surface area contributed by atoms with E-state index < -0.39 is 32.0 Å². The van der Waals surface area contributed by atoms with E-state index >= 15 is 0 Å². The van der Waals surface area contributed by atoms with Gasteiger partial charge in [-0.05, 0) is 48.2 Å². The van der Waals surface area contributed by atoms with Gasteiger partial charge in [0, 0.05) is 28.7 Å². The van der Waals surface area contributed by atoms with Gasteiger partial charge >= 0.3 is 12.1 Å². The molecular formula is C24H28F3N3O6S2. The molecule has 2 aromatic heterocycles. The minimum atomic E-state index is -5.08. The van der Waals surface area contributed by atoms with Gasteiger partial charge in [-0.2, -0.15) is 13.2 Å². The Morgan fingerprint density at radius 1 is 1.08 bits per heavy atom. The number of aliphatic carboxylic acids is 1. The average molecular weight is 576 g/mol. The second kappa shape index (κ2) is 10.7. The van der Waals surface area contributed by atoms with E-state index in [0.717, 1.165) is 27.9 Å². The fourth-order valence-electron chi connectivity index (χ4n) is 3.79. The number of hydrogen-bond acceptors (Lipinski definition) is 6. The van der Waals surface area contributed by atoms with Crippen LogP contribution in [0.5, 0.6) is 0 Å². The molecule has 0 radical (unpaired) electrons. The lowest BCUT2D eigenvalue weighted by Gasteiger charge is -2.22. The number of carboxylic acid groups (broad SMARTS) is 1. The number of pyridine rings is 1. The van der Waals surface area contributed by atoms with E-state index in [1.54, 1.807) is 30.5 Å². The Labute approximate surface area is 218 Å². The van der Waals surface area contributed by atoms with Crippen LogP contribution >= 0.6 is 0 Å². The highest BCUT2D eigenvalue weighted by molar-refractivity contribution is 7.91. The molecule has 0 bridgehead atoms. The zero-order chi connectivity index (χ0) is 28.5. The molecule has 0 unspecified atom stereocenters. The van der Waals surface area contributed by atoms with E-state index in [4.69, 9.17) is 9.90 Å². The first-order valence-corrected chi connectivity index (χ1v) is 14.8. The summed E-state index contributed by atoms with van der Waals surface area (Å²) in [7, 11) is -6.76. The first-order chi connectivity index (χ1) is 17.4. The molecule has 3 N–H and O–H groups in total. The SMILES string of the molecule is CC(C)(C)c1cc2c(-c3ccc(S(=O)(=O)NC4CCS(=O)(=O)CC4)cc3)ccnc2[nH]1.O=C(O)C(F)(F)F. The van der Waals surface area contributed by atoms with Crippen LogP contribution in [-0.4, -0.2) is 61.6 Å². The van der Waals surface area contributed by atoms with Gasteiger partial charge in [0.1, 0.15) is 15.5 Å². The number of aromatic nitrogens is 2. The molecule has 0 aliphatic carbocycles. The van der Waals surface area contributed by atoms with Crippen LogP contribution in [0, 0.1) is 0 Å². The Kier molecular flexibility index (Phi) is 8.29. The number of rotatable bonds is 4. The second-order valence-electron chi connectivity index (χ2n) is 9.93. The number of nitrogens with zero attached hydrogens (tertiary/aromatic N) is 1. The minimum absolute atomic E-state index is 0.0182. The fraction of sp³-hybridized carbons (Fsp3) is 0.417. The molecule has 0 atom stereocenters. The number of carbonyl (C=O) groups is 1. The fourth-order valence-corrected chi connectivity index (χ4v) is 6.59. The molecule has 0 amide bonds. The molecule has 3 heterocycles. The van der Waals surface area contributed by atoms with Crippen molar-refractivity contribution in [3.05, 3.63) is 48.3 Å². The summed E-state index contributed by atoms with van der Waals surface area (Å²) in [6.07, 6.45) is -2.74. The standard InChI is InChI=1S/C22H27N3O4S2.C2HF3O2/c1-22(2,3)20-14-19-18(8-11-23-21(19)24-20)15-4-6-17(7-5-15)31(28,29)25-16-9-12-30(26,27)13-10-16;3-2(4,5)1(6)7/h4-8,11,14,16,25H,9-10,12-13H2,1-3H3,(H,23,24);(H,6,7). The van der Waals surface area contributed by atoms with E-state index in [9.17, 15) is 30.0 Å². The highest BCUT2D eigenvalue weighted by atomic mass is 32.2. The van der Waals surface area contributed by atoms with E-state index in [1.807, 2.05) is 6.07 Å². The van der Waals surface area contributed by atoms with Gasteiger partial charge in [-0.1, -0.05) is 32.9 Å². The third-order valence-corrected chi connectivity index (χ3v) is 9.19. The highest BCUT2D eigenvalue weighted by Crippen LogP contribution is 2.32. The number of hydrogen-bond donors (Lipinski definition) is 3. The number of sulfonamides is 1. The molecule has 1 aliphatic rings. The quantitative estimate of drug-likeness (QED) is 0.426. The van der Waals surface area contributed by atoms with E-state index in [2.05, 4.69) is 41.5 Å². The van der Waals surface area contributed by atoms with Crippen molar-refractivity contribution < 1.29 is 39.9 Å². The molecular weight excluding hydrogens is 547 g/mol. The number of benzene rings is 1. The molecule has 1 saturated heterocycles. The first-order valence-electron chi connectivity index (χ1n) is 11.5. The van der Waals surface area contributed by atoms with Crippen molar-refractivity contribution in [1.82, 2.24) is 14.7 Å². The molecule has 4 rings (SSSR count). The van der Waals surface area contributed by atoms with Crippen molar-refractivity contribution >= 4 is 36.9 Å². The predicted octanol–water partition coefficient (Wildman–Crippen LogP) is 4.02. The van der Waals surface area contributed by atoms with Crippen LogP contribution in [0.2, 0.25) is 0 Å². The van der Waals surface area contributed by atoms with Crippen LogP contribution in [0.3, 0.4) is 0 Å². The molecule has 0 spiro atoms. The van der Waals surface area contributed by atoms with Crippen LogP contribution in [0.25, 0.3) is 22.2 Å². The van der Waals surface area contributed by atoms with Crippen molar-refractivity contribution in [2.24, 2.45) is 0 Å². The highest BCUT2D eigenvalue weighted by Gasteiger charge is 2.38. The first kappa shape index (κ1) is 29.6. The molecule has 3 aromatic rings. The van der Waals surface area contributed by atoms with Crippen molar-refractivity contribution in [2.75, 3.05) is 11.5 Å². The number of sulfone groups is 1. The van der Waals surface area contributed by atoms with Crippen molar-refractivity contribution in [2.45, 2.75) is 56.1 Å². The molecule has 208 valence electrons. The summed E-state index contributed by atoms with van der Waals surface area (Å²) in [6.45, 7) is 6.39. The maximum absolute atomic E-state index is 12.8. The number of fused-ring (bicyclic) bond motifs is 1. The molecule has 14 heteroatoms. The molecule has 1 aromatic carbocycles. The topological polar surface area (TPSA) is 146 Å². The maximum Gasteiger partial charge on any atom is 0.490 e. The van der Waals surface area contributed by atoms with Gasteiger partial charge in [-0.3, -0.25) is 0 Å². The predicted molar refractivity (Wildman–Crippen MR) is 136 cm³/mol. The average Bonchev–Trinajstić information content (AvgIpc) is 3.26. The number of H-pyrrole nitrogens is 1. The van der Waals surface area contributed by atoms with Crippen LogP contribution in [0.1, 0.15) is 39.3 Å². The van der Waals surface area contributed by atoms with Gasteiger partial charge in [0.15, 0.2) is 0 Å². The lowest BCUT2D eigenvalue weighted by Crippen LogP contribution is -2.40. The number of carboxylic acids is 1. The van der Waals surface area contributed by atoms with Crippen molar-refractivity contribution in [1.29, 1.82) is 0 Å². The van der Waals surface area contributed by atoms with Gasteiger partial charge in [-0.25, -0.2) is 31.3 Å². The van der Waals surface area contributed by atoms with Gasteiger partial charge in [0.05, 0.1) is 16.4 Å². The number of halogens is 3. The monoisotopic (exact) mass is 575 g/mol. The van der Waals surface area contributed by atoms with Crippen LogP contribution in [0.4, 0.5) is 13.2 Å². The maximum atomic E-state index is 12.8. The van der Waals surface area contributed by atoms with Crippen LogP contribution in [0.15, 0.2) is 47.5 Å². The largest absolute Gasteiger partial charge is 0.490 e. The summed E-state index contributed by atoms with van der Waals surface area (Å²) in [5.41, 5.74) is 3.72. The molecule has 9 nitrogen and oxygen atoms in total. The molecule has 1 aliphatic heterocycles. The zero-order valence-electron chi connectivity index (χ0n) is 20.8. The molecule has 0 saturated carbocycles. The van der Waals surface area contributed by atoms with Crippen LogP contribution < -0.4 is 4.72 Å². The number of alkyl halides is 3. The minimum Gasteiger partial charge on any atom is -0.475 e. The van der Waals surface area contributed by atoms with Crippen molar-refractivity contribution in [3.8, 4) is 11.1 Å². The van der Waals surface area contributed by atoms with Crippen LogP contribution in [-0.2, 0) is 30.1 Å². The smallest absolute Gasteiger partial charge is 0.475 e. The van der Waals surface area contributed by atoms with E-state index in [1.165, 1.54) is 0 Å². The zero-order valence-corrected chi connectivity index (χ0v) is 22.5. The normalized spacial score (nSPS) is 16.6. The third-order valence-electron chi connectivity index (χ3n) is 5.93. The Hall–Kier alpha value is -2.97. The third kappa shape index (κ3) is 7.32. The lowest BCUT2D eigenvalue weighted by atomic mass is 9.92. The van der Waals surface area contributed by atoms with Gasteiger partial charge in [-0.15, -0.1) is 0 Å². The summed E-state index contributed by atoms with van der Waals surface area (Å²) in [6, 6.07) is 10.4. The number of nitrogens with one attached hydrogen (secondary N) is 2. The number of aromatic amines is 1. The van der Waals surface area contributed by atoms with E-state index in [-0.39, 0.29) is 27.9 Å². The summed E-state index contributed by atoms with van der Waals surface area (Å²) in [5.74, 6) is -2.72. The second-order valence-corrected chi connectivity index (χ2v) is 13.9. The molecule has 1 fully saturated rings. The molecule has 38 heavy (non-hydrogen) atoms. The Morgan fingerprint density at radius 2 is 1.63 bits per heavy atom. The van der Waals surface area contributed by atoms with E-state index in [0.29, 0.717) is 12.8 Å².